The van der Waals surface area contributed by atoms with Crippen molar-refractivity contribution in [3.8, 4) is 0 Å². The lowest BCUT2D eigenvalue weighted by Gasteiger charge is -2.19. The van der Waals surface area contributed by atoms with E-state index in [2.05, 4.69) is 10.1 Å². The fourth-order valence-electron chi connectivity index (χ4n) is 2.53. The Morgan fingerprint density at radius 2 is 2.07 bits per heavy atom. The molecule has 0 spiro atoms. The third-order valence-electron chi connectivity index (χ3n) is 3.97. The second-order valence-corrected chi connectivity index (χ2v) is 7.53. The van der Waals surface area contributed by atoms with E-state index in [1.165, 1.54) is 22.6 Å². The lowest BCUT2D eigenvalue weighted by molar-refractivity contribution is -0.119. The Kier molecular flexibility index (Phi) is 5.27. The zero-order valence-electron chi connectivity index (χ0n) is 15.0. The maximum atomic E-state index is 13.0. The van der Waals surface area contributed by atoms with Gasteiger partial charge in [0.15, 0.2) is 0 Å². The molecule has 0 fully saturated rings. The number of halogens is 1. The molecule has 3 aromatic rings. The van der Waals surface area contributed by atoms with Crippen molar-refractivity contribution < 1.29 is 14.3 Å². The fraction of sp³-hybridized carbons (Fsp3) is 0.150. The largest absolute Gasteiger partial charge is 0.494 e. The van der Waals surface area contributed by atoms with Crippen molar-refractivity contribution in [2.45, 2.75) is 6.92 Å². The van der Waals surface area contributed by atoms with Crippen LogP contribution in [0.15, 0.2) is 59.6 Å². The van der Waals surface area contributed by atoms with Gasteiger partial charge in [0.05, 0.1) is 16.4 Å². The molecule has 28 heavy (non-hydrogen) atoms. The Labute approximate surface area is 170 Å². The third-order valence-corrected chi connectivity index (χ3v) is 5.20. The van der Waals surface area contributed by atoms with Gasteiger partial charge in [0.25, 0.3) is 0 Å². The molecule has 0 saturated carbocycles. The average molecular weight is 414 g/mol. The van der Waals surface area contributed by atoms with Crippen molar-refractivity contribution in [1.82, 2.24) is 4.98 Å². The first-order valence-corrected chi connectivity index (χ1v) is 9.75. The standard InChI is InChI=1S/C20H16ClN3O3S/c1-13-2-4-14(5-3-13)11-22-24(19(25)17-12-26-8-9-27-17)20-23-16-7-6-15(21)10-18(16)28-20/h2-7,10-12H,8-9H2,1H3/b22-11-. The highest BCUT2D eigenvalue weighted by atomic mass is 35.5. The van der Waals surface area contributed by atoms with Gasteiger partial charge in [-0.25, -0.2) is 4.98 Å². The topological polar surface area (TPSA) is 64.0 Å². The predicted molar refractivity (Wildman–Crippen MR) is 111 cm³/mol. The molecule has 1 amide bonds. The molecule has 142 valence electrons. The highest BCUT2D eigenvalue weighted by molar-refractivity contribution is 7.22. The number of thiazole rings is 1. The molecule has 0 radical (unpaired) electrons. The number of carbonyl (C=O) groups excluding carboxylic acids is 1. The summed E-state index contributed by atoms with van der Waals surface area (Å²) in [5, 5.41) is 6.63. The molecule has 4 rings (SSSR count). The number of rotatable bonds is 4. The second kappa shape index (κ2) is 8.00. The van der Waals surface area contributed by atoms with E-state index < -0.39 is 5.91 Å². The Morgan fingerprint density at radius 1 is 1.25 bits per heavy atom. The van der Waals surface area contributed by atoms with Crippen molar-refractivity contribution in [2.24, 2.45) is 5.10 Å². The number of aromatic nitrogens is 1. The van der Waals surface area contributed by atoms with Crippen molar-refractivity contribution >= 4 is 50.4 Å². The number of carbonyl (C=O) groups is 1. The molecular formula is C20H16ClN3O3S. The number of hydrogen-bond acceptors (Lipinski definition) is 6. The molecule has 1 aliphatic heterocycles. The van der Waals surface area contributed by atoms with E-state index >= 15 is 0 Å². The molecule has 6 nitrogen and oxygen atoms in total. The molecule has 8 heteroatoms. The first-order chi connectivity index (χ1) is 13.6. The van der Waals surface area contributed by atoms with E-state index in [0.717, 1.165) is 21.3 Å². The smallest absolute Gasteiger partial charge is 0.319 e. The van der Waals surface area contributed by atoms with Crippen molar-refractivity contribution in [2.75, 3.05) is 18.2 Å². The van der Waals surface area contributed by atoms with Gasteiger partial charge >= 0.3 is 5.91 Å². The van der Waals surface area contributed by atoms with Crippen LogP contribution in [0.5, 0.6) is 0 Å². The third kappa shape index (κ3) is 4.00. The van der Waals surface area contributed by atoms with Crippen LogP contribution in [-0.4, -0.2) is 30.3 Å². The van der Waals surface area contributed by atoms with Gasteiger partial charge in [-0.15, -0.1) is 0 Å². The van der Waals surface area contributed by atoms with E-state index in [4.69, 9.17) is 21.1 Å². The van der Waals surface area contributed by atoms with E-state index in [1.54, 1.807) is 12.3 Å². The van der Waals surface area contributed by atoms with Crippen molar-refractivity contribution in [1.29, 1.82) is 0 Å². The number of ether oxygens (including phenoxy) is 2. The first kappa shape index (κ1) is 18.5. The Balaban J connectivity index is 1.72. The van der Waals surface area contributed by atoms with Gasteiger partial charge in [0.1, 0.15) is 19.5 Å². The molecule has 0 aliphatic carbocycles. The lowest BCUT2D eigenvalue weighted by Crippen LogP contribution is -2.30. The van der Waals surface area contributed by atoms with Crippen LogP contribution in [0.3, 0.4) is 0 Å². The van der Waals surface area contributed by atoms with Crippen LogP contribution in [-0.2, 0) is 14.3 Å². The van der Waals surface area contributed by atoms with E-state index in [9.17, 15) is 4.79 Å². The Morgan fingerprint density at radius 3 is 2.82 bits per heavy atom. The number of hydrogen-bond donors (Lipinski definition) is 0. The van der Waals surface area contributed by atoms with Gasteiger partial charge in [-0.3, -0.25) is 4.79 Å². The maximum absolute atomic E-state index is 13.0. The summed E-state index contributed by atoms with van der Waals surface area (Å²) in [7, 11) is 0. The highest BCUT2D eigenvalue weighted by Crippen LogP contribution is 2.32. The van der Waals surface area contributed by atoms with Crippen LogP contribution in [0, 0.1) is 6.92 Å². The number of hydrazone groups is 1. The summed E-state index contributed by atoms with van der Waals surface area (Å²) in [5.41, 5.74) is 2.75. The summed E-state index contributed by atoms with van der Waals surface area (Å²) >= 11 is 7.39. The summed E-state index contributed by atoms with van der Waals surface area (Å²) in [6.45, 7) is 2.72. The normalized spacial score (nSPS) is 13.9. The zero-order chi connectivity index (χ0) is 19.5. The Hall–Kier alpha value is -2.90. The maximum Gasteiger partial charge on any atom is 0.319 e. The molecule has 0 unspecified atom stereocenters. The van der Waals surface area contributed by atoms with Crippen molar-refractivity contribution in [3.63, 3.8) is 0 Å². The molecule has 2 heterocycles. The molecule has 0 bridgehead atoms. The van der Waals surface area contributed by atoms with Gasteiger partial charge in [-0.1, -0.05) is 52.8 Å². The molecule has 0 atom stereocenters. The number of aryl methyl sites for hydroxylation is 1. The molecule has 0 saturated heterocycles. The monoisotopic (exact) mass is 413 g/mol. The van der Waals surface area contributed by atoms with Crippen molar-refractivity contribution in [3.05, 3.63) is 70.6 Å². The highest BCUT2D eigenvalue weighted by Gasteiger charge is 2.26. The fourth-order valence-corrected chi connectivity index (χ4v) is 3.73. The molecule has 1 aliphatic rings. The van der Waals surface area contributed by atoms with Crippen LogP contribution in [0.4, 0.5) is 5.13 Å². The molecular weight excluding hydrogens is 398 g/mol. The van der Waals surface area contributed by atoms with Crippen LogP contribution in [0.2, 0.25) is 5.02 Å². The summed E-state index contributed by atoms with van der Waals surface area (Å²) in [5.74, 6) is -0.363. The minimum atomic E-state index is -0.451. The van der Waals surface area contributed by atoms with E-state index in [1.807, 2.05) is 43.3 Å². The summed E-state index contributed by atoms with van der Waals surface area (Å²) in [4.78, 5) is 17.5. The lowest BCUT2D eigenvalue weighted by atomic mass is 10.2. The SMILES string of the molecule is Cc1ccc(/C=N\N(C(=O)C2=COCCO2)c2nc3ccc(Cl)cc3s2)cc1. The quantitative estimate of drug-likeness (QED) is 0.466. The molecule has 2 aromatic carbocycles. The number of amides is 1. The average Bonchev–Trinajstić information content (AvgIpc) is 3.13. The molecule has 0 N–H and O–H groups in total. The number of benzene rings is 2. The second-order valence-electron chi connectivity index (χ2n) is 6.08. The predicted octanol–water partition coefficient (Wildman–Crippen LogP) is 4.51. The zero-order valence-corrected chi connectivity index (χ0v) is 16.5. The van der Waals surface area contributed by atoms with Crippen LogP contribution in [0.25, 0.3) is 10.2 Å². The Bertz CT molecular complexity index is 1080. The van der Waals surface area contributed by atoms with Crippen LogP contribution < -0.4 is 5.01 Å². The number of nitrogens with zero attached hydrogens (tertiary/aromatic N) is 3. The summed E-state index contributed by atoms with van der Waals surface area (Å²) in [6, 6.07) is 13.2. The summed E-state index contributed by atoms with van der Waals surface area (Å²) < 4.78 is 11.5. The van der Waals surface area contributed by atoms with Gasteiger partial charge in [0.2, 0.25) is 10.9 Å². The van der Waals surface area contributed by atoms with Gasteiger partial charge in [-0.05, 0) is 30.7 Å². The van der Waals surface area contributed by atoms with Crippen LogP contribution >= 0.6 is 22.9 Å². The van der Waals surface area contributed by atoms with E-state index in [0.29, 0.717) is 23.4 Å². The van der Waals surface area contributed by atoms with E-state index in [-0.39, 0.29) is 5.76 Å². The first-order valence-electron chi connectivity index (χ1n) is 8.56. The molecule has 1 aromatic heterocycles. The minimum Gasteiger partial charge on any atom is -0.494 e. The number of anilines is 1. The van der Waals surface area contributed by atoms with Crippen LogP contribution in [0.1, 0.15) is 11.1 Å². The van der Waals surface area contributed by atoms with Gasteiger partial charge in [-0.2, -0.15) is 10.1 Å². The van der Waals surface area contributed by atoms with Gasteiger partial charge in [0, 0.05) is 5.02 Å². The van der Waals surface area contributed by atoms with Gasteiger partial charge < -0.3 is 9.47 Å². The number of fused-ring (bicyclic) bond motifs is 1. The minimum absolute atomic E-state index is 0.0876. The summed E-state index contributed by atoms with van der Waals surface area (Å²) in [6.07, 6.45) is 2.92.